The number of nitrogens with zero attached hydrogens (tertiary/aromatic N) is 3. The number of hydrogen-bond acceptors (Lipinski definition) is 4. The summed E-state index contributed by atoms with van der Waals surface area (Å²) in [6.07, 6.45) is -0.310. The third-order valence-electron chi connectivity index (χ3n) is 11.6. The lowest BCUT2D eigenvalue weighted by molar-refractivity contribution is 0.674. The molecule has 0 radical (unpaired) electrons. The van der Waals surface area contributed by atoms with Gasteiger partial charge in [-0.05, 0) is 75.6 Å². The molecule has 1 atom stereocenters. The molecule has 58 heavy (non-hydrogen) atoms. The van der Waals surface area contributed by atoms with Crippen LogP contribution in [0.15, 0.2) is 204 Å². The highest BCUT2D eigenvalue weighted by molar-refractivity contribution is 7.26. The summed E-state index contributed by atoms with van der Waals surface area (Å²) in [6, 6.07) is 69.9. The third-order valence-corrected chi connectivity index (χ3v) is 12.8. The van der Waals surface area contributed by atoms with Gasteiger partial charge >= 0.3 is 0 Å². The average Bonchev–Trinajstić information content (AvgIpc) is 3.83. The van der Waals surface area contributed by atoms with Crippen molar-refractivity contribution in [1.82, 2.24) is 9.88 Å². The summed E-state index contributed by atoms with van der Waals surface area (Å²) in [5.41, 5.74) is 8.85. The summed E-state index contributed by atoms with van der Waals surface area (Å²) < 4.78 is 5.01. The maximum atomic E-state index is 5.33. The number of hydrogen-bond donors (Lipinski definition) is 1. The number of para-hydroxylation sites is 1. The molecule has 11 aromatic rings. The molecule has 1 aliphatic heterocycles. The Hall–Kier alpha value is -7.34. The second-order valence-corrected chi connectivity index (χ2v) is 16.1. The number of amidine groups is 2. The van der Waals surface area contributed by atoms with E-state index < -0.39 is 0 Å². The molecule has 0 spiro atoms. The van der Waals surface area contributed by atoms with Crippen molar-refractivity contribution >= 4 is 86.5 Å². The topological polar surface area (TPSA) is 41.7 Å². The molecule has 1 aliphatic rings. The fourth-order valence-electron chi connectivity index (χ4n) is 8.83. The Morgan fingerprint density at radius 3 is 2.02 bits per heavy atom. The average molecular weight is 759 g/mol. The normalized spacial score (nSPS) is 14.4. The molecule has 3 heterocycles. The lowest BCUT2D eigenvalue weighted by Crippen LogP contribution is -2.33. The van der Waals surface area contributed by atoms with Crippen molar-refractivity contribution in [3.63, 3.8) is 0 Å². The number of rotatable bonds is 5. The van der Waals surface area contributed by atoms with Crippen LogP contribution in [0.5, 0.6) is 0 Å². The number of nitrogens with one attached hydrogen (secondary N) is 1. The Morgan fingerprint density at radius 2 is 1.16 bits per heavy atom. The van der Waals surface area contributed by atoms with E-state index in [2.05, 4.69) is 198 Å². The fourth-order valence-corrected chi connectivity index (χ4v) is 10.1. The van der Waals surface area contributed by atoms with E-state index in [0.29, 0.717) is 5.84 Å². The first-order valence-corrected chi connectivity index (χ1v) is 20.5. The van der Waals surface area contributed by atoms with Crippen LogP contribution < -0.4 is 5.32 Å². The van der Waals surface area contributed by atoms with Gasteiger partial charge < -0.3 is 9.88 Å². The highest BCUT2D eigenvalue weighted by Gasteiger charge is 2.24. The lowest BCUT2D eigenvalue weighted by atomic mass is 9.97. The van der Waals surface area contributed by atoms with Crippen LogP contribution in [0.2, 0.25) is 0 Å². The van der Waals surface area contributed by atoms with E-state index in [0.717, 1.165) is 33.8 Å². The third kappa shape index (κ3) is 5.28. The zero-order valence-electron chi connectivity index (χ0n) is 31.3. The number of thiophene rings is 1. The van der Waals surface area contributed by atoms with Crippen molar-refractivity contribution in [2.45, 2.75) is 6.17 Å². The van der Waals surface area contributed by atoms with Crippen LogP contribution in [0.3, 0.4) is 0 Å². The largest absolute Gasteiger partial charge is 0.344 e. The molecular formula is C53H34N4S. The molecule has 0 bridgehead atoms. The molecule has 5 heteroatoms. The van der Waals surface area contributed by atoms with Crippen LogP contribution >= 0.6 is 11.3 Å². The maximum Gasteiger partial charge on any atom is 0.159 e. The Morgan fingerprint density at radius 1 is 0.466 bits per heavy atom. The molecule has 0 fully saturated rings. The number of aromatic nitrogens is 1. The molecule has 1 N–H and O–H groups in total. The quantitative estimate of drug-likeness (QED) is 0.187. The van der Waals surface area contributed by atoms with Gasteiger partial charge in [0.2, 0.25) is 0 Å². The molecule has 272 valence electrons. The summed E-state index contributed by atoms with van der Waals surface area (Å²) in [7, 11) is 0. The van der Waals surface area contributed by atoms with E-state index in [9.17, 15) is 0 Å². The monoisotopic (exact) mass is 758 g/mol. The van der Waals surface area contributed by atoms with E-state index in [1.165, 1.54) is 69.1 Å². The van der Waals surface area contributed by atoms with E-state index in [1.807, 2.05) is 17.4 Å². The predicted molar refractivity (Wildman–Crippen MR) is 246 cm³/mol. The van der Waals surface area contributed by atoms with Gasteiger partial charge in [-0.25, -0.2) is 9.98 Å². The van der Waals surface area contributed by atoms with Gasteiger partial charge in [0.25, 0.3) is 0 Å². The number of benzene rings is 9. The van der Waals surface area contributed by atoms with Crippen LogP contribution in [0.25, 0.3) is 80.3 Å². The molecule has 12 rings (SSSR count). The summed E-state index contributed by atoms with van der Waals surface area (Å²) in [5.74, 6) is 1.50. The lowest BCUT2D eigenvalue weighted by Gasteiger charge is -2.24. The minimum Gasteiger partial charge on any atom is -0.344 e. The molecule has 0 saturated heterocycles. The first-order chi connectivity index (χ1) is 28.7. The SMILES string of the molecule is c1ccc(C2N=C(c3ccc(-n4c5ccccc5c5cc6ccccc6cc54)c(-c4cccc5c4sc4ccccc45)c3)N=C(c3ccc4ccccc4c3)N2)cc1. The smallest absolute Gasteiger partial charge is 0.159 e. The van der Waals surface area contributed by atoms with Gasteiger partial charge in [-0.3, -0.25) is 0 Å². The van der Waals surface area contributed by atoms with Gasteiger partial charge in [-0.1, -0.05) is 146 Å². The molecular weight excluding hydrogens is 725 g/mol. The first-order valence-electron chi connectivity index (χ1n) is 19.7. The molecule has 4 nitrogen and oxygen atoms in total. The minimum absolute atomic E-state index is 0.310. The van der Waals surface area contributed by atoms with Gasteiger partial charge in [0.1, 0.15) is 12.0 Å². The van der Waals surface area contributed by atoms with Gasteiger partial charge in [-0.15, -0.1) is 11.3 Å². The Kier molecular flexibility index (Phi) is 7.43. The van der Waals surface area contributed by atoms with E-state index in [-0.39, 0.29) is 6.17 Å². The molecule has 9 aromatic carbocycles. The predicted octanol–water partition coefficient (Wildman–Crippen LogP) is 13.6. The molecule has 0 saturated carbocycles. The van der Waals surface area contributed by atoms with Crippen molar-refractivity contribution in [3.05, 3.63) is 211 Å². The van der Waals surface area contributed by atoms with Crippen LogP contribution in [0.1, 0.15) is 22.9 Å². The summed E-state index contributed by atoms with van der Waals surface area (Å²) in [5, 5.41) is 13.5. The van der Waals surface area contributed by atoms with E-state index in [4.69, 9.17) is 9.98 Å². The second kappa shape index (κ2) is 13.1. The highest BCUT2D eigenvalue weighted by Crippen LogP contribution is 2.44. The van der Waals surface area contributed by atoms with Crippen molar-refractivity contribution in [2.75, 3.05) is 0 Å². The maximum absolute atomic E-state index is 5.33. The van der Waals surface area contributed by atoms with E-state index in [1.54, 1.807) is 0 Å². The van der Waals surface area contributed by atoms with Crippen LogP contribution in [-0.2, 0) is 0 Å². The van der Waals surface area contributed by atoms with E-state index >= 15 is 0 Å². The number of aliphatic imine (C=N–C) groups is 2. The Bertz CT molecular complexity index is 3500. The van der Waals surface area contributed by atoms with Crippen molar-refractivity contribution in [2.24, 2.45) is 9.98 Å². The minimum atomic E-state index is -0.310. The molecule has 0 aliphatic carbocycles. The van der Waals surface area contributed by atoms with Gasteiger partial charge in [0.15, 0.2) is 5.84 Å². The second-order valence-electron chi connectivity index (χ2n) is 15.0. The van der Waals surface area contributed by atoms with Crippen LogP contribution in [-0.4, -0.2) is 16.2 Å². The molecule has 0 amide bonds. The zero-order chi connectivity index (χ0) is 38.2. The standard InChI is InChI=1S/C53H34N4S/c1-2-14-34(15-3-1)51-54-52(38-26-25-33-13-4-5-16-35(33)29-38)56-53(55-51)39-27-28-47(45(31-39)43-22-12-21-42-41-20-9-11-24-49(41)58-50(42)43)57-46-23-10-8-19-40(46)44-30-36-17-6-7-18-37(36)32-48(44)57/h1-32,51H,(H,54,55,56). The van der Waals surface area contributed by atoms with Crippen molar-refractivity contribution < 1.29 is 0 Å². The molecule has 2 aromatic heterocycles. The fraction of sp³-hybridized carbons (Fsp3) is 0.0189. The Labute approximate surface area is 338 Å². The zero-order valence-corrected chi connectivity index (χ0v) is 32.1. The van der Waals surface area contributed by atoms with Crippen molar-refractivity contribution in [1.29, 1.82) is 0 Å². The Balaban J connectivity index is 1.13. The number of fused-ring (bicyclic) bond motifs is 8. The van der Waals surface area contributed by atoms with Crippen LogP contribution in [0, 0.1) is 0 Å². The molecule has 1 unspecified atom stereocenters. The van der Waals surface area contributed by atoms with Gasteiger partial charge in [-0.2, -0.15) is 0 Å². The van der Waals surface area contributed by atoms with Gasteiger partial charge in [0.05, 0.1) is 16.7 Å². The highest BCUT2D eigenvalue weighted by atomic mass is 32.1. The van der Waals surface area contributed by atoms with Crippen LogP contribution in [0.4, 0.5) is 0 Å². The van der Waals surface area contributed by atoms with Crippen molar-refractivity contribution in [3.8, 4) is 16.8 Å². The van der Waals surface area contributed by atoms with Gasteiger partial charge in [0, 0.05) is 53.2 Å². The summed E-state index contributed by atoms with van der Waals surface area (Å²) >= 11 is 1.86. The first kappa shape index (κ1) is 32.9. The summed E-state index contributed by atoms with van der Waals surface area (Å²) in [6.45, 7) is 0. The summed E-state index contributed by atoms with van der Waals surface area (Å²) in [4.78, 5) is 10.6.